The van der Waals surface area contributed by atoms with E-state index < -0.39 is 41.9 Å². The molecular formula is C35H36N4O5. The van der Waals surface area contributed by atoms with E-state index in [1.165, 1.54) is 0 Å². The van der Waals surface area contributed by atoms with Crippen LogP contribution in [0, 0.1) is 0 Å². The van der Waals surface area contributed by atoms with Crippen LogP contribution < -0.4 is 21.7 Å². The highest BCUT2D eigenvalue weighted by Gasteiger charge is 2.30. The van der Waals surface area contributed by atoms with Gasteiger partial charge in [0.15, 0.2) is 0 Å². The maximum Gasteiger partial charge on any atom is 0.408 e. The van der Waals surface area contributed by atoms with Crippen LogP contribution in [-0.2, 0) is 45.0 Å². The number of amides is 4. The van der Waals surface area contributed by atoms with Gasteiger partial charge in [0.25, 0.3) is 0 Å². The molecule has 3 atom stereocenters. The number of nitrogens with one attached hydrogen (secondary N) is 3. The van der Waals surface area contributed by atoms with Gasteiger partial charge < -0.3 is 26.4 Å². The molecule has 4 amide bonds. The van der Waals surface area contributed by atoms with Crippen molar-refractivity contribution in [3.05, 3.63) is 144 Å². The van der Waals surface area contributed by atoms with Gasteiger partial charge in [0, 0.05) is 19.3 Å². The van der Waals surface area contributed by atoms with E-state index in [9.17, 15) is 19.2 Å². The summed E-state index contributed by atoms with van der Waals surface area (Å²) in [7, 11) is 0. The Labute approximate surface area is 256 Å². The lowest BCUT2D eigenvalue weighted by molar-refractivity contribution is -0.131. The molecule has 0 saturated carbocycles. The van der Waals surface area contributed by atoms with Gasteiger partial charge in [-0.05, 0) is 22.3 Å². The van der Waals surface area contributed by atoms with Crippen molar-refractivity contribution < 1.29 is 23.9 Å². The first-order chi connectivity index (χ1) is 21.4. The largest absolute Gasteiger partial charge is 0.445 e. The summed E-state index contributed by atoms with van der Waals surface area (Å²) in [6.45, 7) is 0.0291. The van der Waals surface area contributed by atoms with Crippen LogP contribution in [0.25, 0.3) is 0 Å². The van der Waals surface area contributed by atoms with Crippen molar-refractivity contribution in [2.24, 2.45) is 5.73 Å². The van der Waals surface area contributed by atoms with Crippen LogP contribution in [0.5, 0.6) is 0 Å². The van der Waals surface area contributed by atoms with Gasteiger partial charge in [0.05, 0.1) is 0 Å². The molecule has 9 nitrogen and oxygen atoms in total. The van der Waals surface area contributed by atoms with E-state index in [0.717, 1.165) is 22.3 Å². The van der Waals surface area contributed by atoms with Crippen LogP contribution in [0.3, 0.4) is 0 Å². The van der Waals surface area contributed by atoms with E-state index in [0.29, 0.717) is 0 Å². The first-order valence-electron chi connectivity index (χ1n) is 14.4. The third-order valence-electron chi connectivity index (χ3n) is 6.96. The molecule has 0 heterocycles. The number of alkyl carbamates (subject to hydrolysis) is 1. The van der Waals surface area contributed by atoms with E-state index in [-0.39, 0.29) is 25.9 Å². The Morgan fingerprint density at radius 2 is 0.841 bits per heavy atom. The minimum atomic E-state index is -1.07. The summed E-state index contributed by atoms with van der Waals surface area (Å²) in [5.74, 6) is -1.86. The number of hydrogen-bond acceptors (Lipinski definition) is 5. The van der Waals surface area contributed by atoms with Gasteiger partial charge in [-0.25, -0.2) is 4.79 Å². The molecule has 0 aliphatic carbocycles. The zero-order valence-electron chi connectivity index (χ0n) is 24.2. The van der Waals surface area contributed by atoms with Crippen molar-refractivity contribution in [2.75, 3.05) is 0 Å². The van der Waals surface area contributed by atoms with Crippen molar-refractivity contribution >= 4 is 23.8 Å². The topological polar surface area (TPSA) is 140 Å². The number of benzene rings is 4. The molecule has 0 fully saturated rings. The molecule has 44 heavy (non-hydrogen) atoms. The third-order valence-corrected chi connectivity index (χ3v) is 6.96. The molecule has 0 aliphatic heterocycles. The Hall–Kier alpha value is -5.44. The number of carbonyl (C=O) groups is 4. The molecule has 4 aromatic carbocycles. The van der Waals surface area contributed by atoms with Crippen LogP contribution in [0.4, 0.5) is 4.79 Å². The fourth-order valence-corrected chi connectivity index (χ4v) is 4.64. The first-order valence-corrected chi connectivity index (χ1v) is 14.4. The highest BCUT2D eigenvalue weighted by atomic mass is 16.5. The summed E-state index contributed by atoms with van der Waals surface area (Å²) in [5.41, 5.74) is 8.86. The predicted molar refractivity (Wildman–Crippen MR) is 167 cm³/mol. The summed E-state index contributed by atoms with van der Waals surface area (Å²) in [6, 6.07) is 33.6. The molecule has 5 N–H and O–H groups in total. The second kappa shape index (κ2) is 16.3. The van der Waals surface area contributed by atoms with E-state index in [4.69, 9.17) is 10.5 Å². The van der Waals surface area contributed by atoms with Crippen LogP contribution in [0.2, 0.25) is 0 Å². The highest BCUT2D eigenvalue weighted by Crippen LogP contribution is 2.10. The third kappa shape index (κ3) is 10.1. The van der Waals surface area contributed by atoms with Gasteiger partial charge in [0.1, 0.15) is 24.7 Å². The number of carbonyl (C=O) groups excluding carboxylic acids is 4. The number of hydrogen-bond donors (Lipinski definition) is 4. The normalized spacial score (nSPS) is 12.6. The molecule has 0 saturated heterocycles. The molecular weight excluding hydrogens is 556 g/mol. The summed E-state index contributed by atoms with van der Waals surface area (Å²) in [6.07, 6.45) is -0.277. The van der Waals surface area contributed by atoms with Crippen molar-refractivity contribution in [2.45, 2.75) is 44.0 Å². The SMILES string of the molecule is NC(=O)[C@H](Cc1ccccc1)NC(=O)[C@@H](Cc1ccccc1)NC(=O)[C@@H](Cc1ccccc1)NC(=O)OCc1ccccc1. The van der Waals surface area contributed by atoms with Gasteiger partial charge in [-0.3, -0.25) is 14.4 Å². The number of nitrogens with two attached hydrogens (primary N) is 1. The van der Waals surface area contributed by atoms with Crippen LogP contribution in [-0.4, -0.2) is 41.9 Å². The van der Waals surface area contributed by atoms with Gasteiger partial charge in [-0.15, -0.1) is 0 Å². The molecule has 0 aromatic heterocycles. The summed E-state index contributed by atoms with van der Waals surface area (Å²) < 4.78 is 5.37. The number of primary amides is 1. The van der Waals surface area contributed by atoms with E-state index >= 15 is 0 Å². The molecule has 4 aromatic rings. The first kappa shape index (κ1) is 31.5. The minimum absolute atomic E-state index is 0.0291. The standard InChI is InChI=1S/C35H36N4O5/c36-32(40)29(21-25-13-5-1-6-14-25)37-33(41)30(22-26-15-7-2-8-16-26)38-34(42)31(23-27-17-9-3-10-18-27)39-35(43)44-24-28-19-11-4-12-20-28/h1-20,29-31H,21-24H2,(H2,36,40)(H,37,41)(H,38,42)(H,39,43)/t29-,30+,31+/m0/s1. The Morgan fingerprint density at radius 3 is 1.25 bits per heavy atom. The summed E-state index contributed by atoms with van der Waals surface area (Å²) in [5, 5.41) is 8.17. The van der Waals surface area contributed by atoms with E-state index in [1.54, 1.807) is 0 Å². The Bertz CT molecular complexity index is 1500. The van der Waals surface area contributed by atoms with Crippen molar-refractivity contribution in [3.8, 4) is 0 Å². The summed E-state index contributed by atoms with van der Waals surface area (Å²) >= 11 is 0. The van der Waals surface area contributed by atoms with E-state index in [2.05, 4.69) is 16.0 Å². The molecule has 0 unspecified atom stereocenters. The number of ether oxygens (including phenoxy) is 1. The average Bonchev–Trinajstić information content (AvgIpc) is 3.04. The van der Waals surface area contributed by atoms with Crippen LogP contribution in [0.1, 0.15) is 22.3 Å². The molecule has 4 rings (SSSR count). The maximum atomic E-state index is 13.7. The number of rotatable bonds is 14. The minimum Gasteiger partial charge on any atom is -0.445 e. The lowest BCUT2D eigenvalue weighted by Gasteiger charge is -2.25. The maximum absolute atomic E-state index is 13.7. The van der Waals surface area contributed by atoms with Gasteiger partial charge >= 0.3 is 6.09 Å². The molecule has 0 aliphatic rings. The Morgan fingerprint density at radius 1 is 0.500 bits per heavy atom. The Kier molecular flexibility index (Phi) is 11.6. The fourth-order valence-electron chi connectivity index (χ4n) is 4.64. The average molecular weight is 593 g/mol. The van der Waals surface area contributed by atoms with Crippen LogP contribution >= 0.6 is 0 Å². The van der Waals surface area contributed by atoms with Crippen molar-refractivity contribution in [1.82, 2.24) is 16.0 Å². The monoisotopic (exact) mass is 592 g/mol. The molecule has 9 heteroatoms. The predicted octanol–water partition coefficient (Wildman–Crippen LogP) is 3.46. The van der Waals surface area contributed by atoms with Crippen molar-refractivity contribution in [3.63, 3.8) is 0 Å². The second-order valence-electron chi connectivity index (χ2n) is 10.4. The zero-order valence-corrected chi connectivity index (χ0v) is 24.2. The van der Waals surface area contributed by atoms with Gasteiger partial charge in [0.2, 0.25) is 17.7 Å². The smallest absolute Gasteiger partial charge is 0.408 e. The van der Waals surface area contributed by atoms with Gasteiger partial charge in [-0.2, -0.15) is 0 Å². The molecule has 0 radical (unpaired) electrons. The highest BCUT2D eigenvalue weighted by molar-refractivity contribution is 5.94. The Balaban J connectivity index is 1.51. The second-order valence-corrected chi connectivity index (χ2v) is 10.4. The molecule has 0 bridgehead atoms. The molecule has 226 valence electrons. The summed E-state index contributed by atoms with van der Waals surface area (Å²) in [4.78, 5) is 52.4. The van der Waals surface area contributed by atoms with Crippen molar-refractivity contribution in [1.29, 1.82) is 0 Å². The molecule has 0 spiro atoms. The van der Waals surface area contributed by atoms with Crippen LogP contribution in [0.15, 0.2) is 121 Å². The van der Waals surface area contributed by atoms with E-state index in [1.807, 2.05) is 121 Å². The fraction of sp³-hybridized carbons (Fsp3) is 0.200. The quantitative estimate of drug-likeness (QED) is 0.178. The lowest BCUT2D eigenvalue weighted by atomic mass is 10.0. The zero-order chi connectivity index (χ0) is 31.1. The van der Waals surface area contributed by atoms with Gasteiger partial charge in [-0.1, -0.05) is 121 Å². The lowest BCUT2D eigenvalue weighted by Crippen LogP contribution is -2.57.